The number of halogens is 1. The molecule has 0 aliphatic heterocycles. The van der Waals surface area contributed by atoms with Gasteiger partial charge in [0, 0.05) is 17.5 Å². The van der Waals surface area contributed by atoms with Gasteiger partial charge in [-0.1, -0.05) is 37.6 Å². The zero-order valence-electron chi connectivity index (χ0n) is 10.9. The molecule has 0 heterocycles. The predicted octanol–water partition coefficient (Wildman–Crippen LogP) is 3.21. The summed E-state index contributed by atoms with van der Waals surface area (Å²) in [6.45, 7) is 4.63. The fourth-order valence-corrected chi connectivity index (χ4v) is 1.95. The molecule has 0 amide bonds. The zero-order valence-corrected chi connectivity index (χ0v) is 11.7. The van der Waals surface area contributed by atoms with E-state index < -0.39 is 0 Å². The van der Waals surface area contributed by atoms with Gasteiger partial charge < -0.3 is 4.90 Å². The predicted molar refractivity (Wildman–Crippen MR) is 72.6 cm³/mol. The summed E-state index contributed by atoms with van der Waals surface area (Å²) < 4.78 is 0. The first-order valence-electron chi connectivity index (χ1n) is 5.85. The molecule has 94 valence electrons. The molecule has 0 aliphatic rings. The first kappa shape index (κ1) is 14.2. The van der Waals surface area contributed by atoms with Crippen LogP contribution in [0.15, 0.2) is 24.3 Å². The van der Waals surface area contributed by atoms with E-state index in [0.717, 1.165) is 12.1 Å². The van der Waals surface area contributed by atoms with Gasteiger partial charge in [-0.25, -0.2) is 0 Å². The number of carbonyl (C=O) groups is 1. The highest BCUT2D eigenvalue weighted by atomic mass is 35.5. The van der Waals surface area contributed by atoms with Gasteiger partial charge in [-0.2, -0.15) is 0 Å². The SMILES string of the molecule is CC(C)C(=O)[C@H](CN(C)C)c1ccc(Cl)cc1. The lowest BCUT2D eigenvalue weighted by molar-refractivity contribution is -0.123. The highest BCUT2D eigenvalue weighted by molar-refractivity contribution is 6.30. The number of nitrogens with zero attached hydrogens (tertiary/aromatic N) is 1. The van der Waals surface area contributed by atoms with E-state index in [1.54, 1.807) is 0 Å². The second-order valence-corrected chi connectivity index (χ2v) is 5.36. The third-order valence-electron chi connectivity index (χ3n) is 2.73. The summed E-state index contributed by atoms with van der Waals surface area (Å²) in [6.07, 6.45) is 0. The van der Waals surface area contributed by atoms with Gasteiger partial charge in [-0.05, 0) is 31.8 Å². The number of hydrogen-bond donors (Lipinski definition) is 0. The Balaban J connectivity index is 2.97. The molecule has 0 saturated carbocycles. The lowest BCUT2D eigenvalue weighted by atomic mass is 9.88. The van der Waals surface area contributed by atoms with E-state index in [2.05, 4.69) is 0 Å². The summed E-state index contributed by atoms with van der Waals surface area (Å²) in [4.78, 5) is 14.2. The number of ketones is 1. The van der Waals surface area contributed by atoms with E-state index in [4.69, 9.17) is 11.6 Å². The molecular weight excluding hydrogens is 234 g/mol. The van der Waals surface area contributed by atoms with Crippen molar-refractivity contribution in [2.24, 2.45) is 5.92 Å². The Bertz CT molecular complexity index is 370. The summed E-state index contributed by atoms with van der Waals surface area (Å²) in [5.41, 5.74) is 1.04. The van der Waals surface area contributed by atoms with E-state index in [1.165, 1.54) is 0 Å². The Hall–Kier alpha value is -0.860. The van der Waals surface area contributed by atoms with Crippen molar-refractivity contribution in [2.45, 2.75) is 19.8 Å². The minimum absolute atomic E-state index is 0.0515. The Morgan fingerprint density at radius 3 is 2.18 bits per heavy atom. The number of Topliss-reactive ketones (excluding diaryl/α,β-unsaturated/α-hetero) is 1. The second-order valence-electron chi connectivity index (χ2n) is 4.92. The molecule has 0 spiro atoms. The van der Waals surface area contributed by atoms with Gasteiger partial charge in [0.1, 0.15) is 5.78 Å². The van der Waals surface area contributed by atoms with Crippen LogP contribution in [0.2, 0.25) is 5.02 Å². The monoisotopic (exact) mass is 253 g/mol. The molecule has 3 heteroatoms. The largest absolute Gasteiger partial charge is 0.308 e. The maximum absolute atomic E-state index is 12.2. The van der Waals surface area contributed by atoms with Gasteiger partial charge in [0.05, 0.1) is 5.92 Å². The first-order valence-corrected chi connectivity index (χ1v) is 6.23. The molecule has 0 saturated heterocycles. The Labute approximate surface area is 109 Å². The number of likely N-dealkylation sites (N-methyl/N-ethyl adjacent to an activating group) is 1. The van der Waals surface area contributed by atoms with Gasteiger partial charge in [0.15, 0.2) is 0 Å². The van der Waals surface area contributed by atoms with Crippen molar-refractivity contribution in [3.63, 3.8) is 0 Å². The molecule has 0 unspecified atom stereocenters. The minimum Gasteiger partial charge on any atom is -0.308 e. The van der Waals surface area contributed by atoms with Crippen LogP contribution in [0.3, 0.4) is 0 Å². The molecule has 0 aliphatic carbocycles. The van der Waals surface area contributed by atoms with Crippen molar-refractivity contribution < 1.29 is 4.79 Å². The van der Waals surface area contributed by atoms with Gasteiger partial charge >= 0.3 is 0 Å². The van der Waals surface area contributed by atoms with Crippen LogP contribution in [0.1, 0.15) is 25.3 Å². The van der Waals surface area contributed by atoms with E-state index in [1.807, 2.05) is 57.1 Å². The third-order valence-corrected chi connectivity index (χ3v) is 2.98. The highest BCUT2D eigenvalue weighted by Crippen LogP contribution is 2.23. The summed E-state index contributed by atoms with van der Waals surface area (Å²) in [6, 6.07) is 7.56. The number of rotatable bonds is 5. The average molecular weight is 254 g/mol. The van der Waals surface area contributed by atoms with Crippen LogP contribution in [0.25, 0.3) is 0 Å². The molecule has 1 rings (SSSR count). The molecule has 0 bridgehead atoms. The lowest BCUT2D eigenvalue weighted by Crippen LogP contribution is -2.28. The quantitative estimate of drug-likeness (QED) is 0.803. The zero-order chi connectivity index (χ0) is 13.0. The van der Waals surface area contributed by atoms with Crippen LogP contribution in [0.4, 0.5) is 0 Å². The maximum Gasteiger partial charge on any atom is 0.144 e. The second kappa shape index (κ2) is 6.18. The summed E-state index contributed by atoms with van der Waals surface area (Å²) in [5.74, 6) is 0.263. The van der Waals surface area contributed by atoms with Gasteiger partial charge in [-0.3, -0.25) is 4.79 Å². The third kappa shape index (κ3) is 4.14. The van der Waals surface area contributed by atoms with Gasteiger partial charge in [0.25, 0.3) is 0 Å². The Kier molecular flexibility index (Phi) is 5.16. The van der Waals surface area contributed by atoms with Crippen molar-refractivity contribution in [1.29, 1.82) is 0 Å². The van der Waals surface area contributed by atoms with E-state index in [0.29, 0.717) is 5.02 Å². The van der Waals surface area contributed by atoms with Crippen molar-refractivity contribution in [1.82, 2.24) is 4.90 Å². The highest BCUT2D eigenvalue weighted by Gasteiger charge is 2.23. The summed E-state index contributed by atoms with van der Waals surface area (Å²) >= 11 is 5.87. The van der Waals surface area contributed by atoms with Crippen molar-refractivity contribution in [2.75, 3.05) is 20.6 Å². The molecule has 0 N–H and O–H groups in total. The fourth-order valence-electron chi connectivity index (χ4n) is 1.82. The van der Waals surface area contributed by atoms with Crippen molar-refractivity contribution >= 4 is 17.4 Å². The van der Waals surface area contributed by atoms with Crippen LogP contribution < -0.4 is 0 Å². The molecule has 1 aromatic rings. The molecule has 0 aromatic heterocycles. The minimum atomic E-state index is -0.0673. The van der Waals surface area contributed by atoms with E-state index in [9.17, 15) is 4.79 Å². The average Bonchev–Trinajstić information content (AvgIpc) is 2.26. The summed E-state index contributed by atoms with van der Waals surface area (Å²) in [7, 11) is 3.97. The van der Waals surface area contributed by atoms with Crippen molar-refractivity contribution in [3.05, 3.63) is 34.9 Å². The first-order chi connectivity index (χ1) is 7.91. The lowest BCUT2D eigenvalue weighted by Gasteiger charge is -2.22. The van der Waals surface area contributed by atoms with Gasteiger partial charge in [0.2, 0.25) is 0 Å². The van der Waals surface area contributed by atoms with Crippen LogP contribution in [0, 0.1) is 5.92 Å². The standard InChI is InChI=1S/C14H20ClNO/c1-10(2)14(17)13(9-16(3)4)11-5-7-12(15)8-6-11/h5-8,10,13H,9H2,1-4H3/t13-/m1/s1. The van der Waals surface area contributed by atoms with E-state index in [-0.39, 0.29) is 17.6 Å². The Morgan fingerprint density at radius 1 is 1.24 bits per heavy atom. The summed E-state index contributed by atoms with van der Waals surface area (Å²) in [5, 5.41) is 0.703. The number of carbonyl (C=O) groups excluding carboxylic acids is 1. The van der Waals surface area contributed by atoms with Crippen molar-refractivity contribution in [3.8, 4) is 0 Å². The van der Waals surface area contributed by atoms with E-state index >= 15 is 0 Å². The van der Waals surface area contributed by atoms with Crippen LogP contribution in [0.5, 0.6) is 0 Å². The van der Waals surface area contributed by atoms with Crippen LogP contribution in [-0.2, 0) is 4.79 Å². The van der Waals surface area contributed by atoms with Crippen LogP contribution in [-0.4, -0.2) is 31.3 Å². The maximum atomic E-state index is 12.2. The smallest absolute Gasteiger partial charge is 0.144 e. The molecule has 0 radical (unpaired) electrons. The topological polar surface area (TPSA) is 20.3 Å². The van der Waals surface area contributed by atoms with Gasteiger partial charge in [-0.15, -0.1) is 0 Å². The van der Waals surface area contributed by atoms with Crippen LogP contribution >= 0.6 is 11.6 Å². The molecule has 17 heavy (non-hydrogen) atoms. The Morgan fingerprint density at radius 2 is 1.76 bits per heavy atom. The molecular formula is C14H20ClNO. The number of benzene rings is 1. The molecule has 2 nitrogen and oxygen atoms in total. The number of hydrogen-bond acceptors (Lipinski definition) is 2. The normalized spacial score (nSPS) is 13.1. The molecule has 1 aromatic carbocycles. The molecule has 0 fully saturated rings. The molecule has 1 atom stereocenters. The fraction of sp³-hybridized carbons (Fsp3) is 0.500.